The van der Waals surface area contributed by atoms with Crippen LogP contribution in [-0.2, 0) is 0 Å². The van der Waals surface area contributed by atoms with E-state index in [1.807, 2.05) is 18.2 Å². The zero-order valence-corrected chi connectivity index (χ0v) is 11.1. The van der Waals surface area contributed by atoms with Crippen LogP contribution in [0.15, 0.2) is 54.6 Å². The third-order valence-corrected chi connectivity index (χ3v) is 2.95. The first-order valence-electron chi connectivity index (χ1n) is 6.48. The predicted molar refractivity (Wildman–Crippen MR) is 76.2 cm³/mol. The number of anilines is 1. The standard InChI is InChI=1S/C16H18FNO/c1-2-18(15-6-4-3-5-7-15)12-13-19-16-10-8-14(17)9-11-16/h3-11H,2,12-13H2,1H3. The first kappa shape index (κ1) is 13.4. The van der Waals surface area contributed by atoms with E-state index in [4.69, 9.17) is 4.74 Å². The van der Waals surface area contributed by atoms with Crippen LogP contribution < -0.4 is 9.64 Å². The van der Waals surface area contributed by atoms with Crippen LogP contribution in [0.2, 0.25) is 0 Å². The predicted octanol–water partition coefficient (Wildman–Crippen LogP) is 3.73. The Hall–Kier alpha value is -2.03. The van der Waals surface area contributed by atoms with Gasteiger partial charge in [0.15, 0.2) is 0 Å². The molecule has 0 saturated heterocycles. The number of nitrogens with zero attached hydrogens (tertiary/aromatic N) is 1. The molecule has 0 unspecified atom stereocenters. The molecule has 0 N–H and O–H groups in total. The average Bonchev–Trinajstić information content (AvgIpc) is 2.46. The van der Waals surface area contributed by atoms with Crippen LogP contribution in [0, 0.1) is 5.82 Å². The number of benzene rings is 2. The van der Waals surface area contributed by atoms with Crippen LogP contribution >= 0.6 is 0 Å². The molecule has 0 bridgehead atoms. The van der Waals surface area contributed by atoms with Gasteiger partial charge in [0.05, 0.1) is 6.54 Å². The van der Waals surface area contributed by atoms with Crippen molar-refractivity contribution in [1.82, 2.24) is 0 Å². The van der Waals surface area contributed by atoms with Gasteiger partial charge >= 0.3 is 0 Å². The van der Waals surface area contributed by atoms with E-state index in [1.54, 1.807) is 12.1 Å². The minimum atomic E-state index is -0.244. The maximum absolute atomic E-state index is 12.7. The molecule has 2 rings (SSSR count). The highest BCUT2D eigenvalue weighted by atomic mass is 19.1. The van der Waals surface area contributed by atoms with E-state index < -0.39 is 0 Å². The lowest BCUT2D eigenvalue weighted by Crippen LogP contribution is -2.27. The maximum Gasteiger partial charge on any atom is 0.123 e. The van der Waals surface area contributed by atoms with Gasteiger partial charge in [-0.05, 0) is 43.3 Å². The van der Waals surface area contributed by atoms with Crippen molar-refractivity contribution in [2.75, 3.05) is 24.6 Å². The van der Waals surface area contributed by atoms with Gasteiger partial charge in [-0.25, -0.2) is 4.39 Å². The fraction of sp³-hybridized carbons (Fsp3) is 0.250. The summed E-state index contributed by atoms with van der Waals surface area (Å²) in [7, 11) is 0. The largest absolute Gasteiger partial charge is 0.492 e. The van der Waals surface area contributed by atoms with Crippen molar-refractivity contribution in [3.63, 3.8) is 0 Å². The highest BCUT2D eigenvalue weighted by Gasteiger charge is 2.03. The van der Waals surface area contributed by atoms with Crippen molar-refractivity contribution in [3.05, 3.63) is 60.4 Å². The minimum Gasteiger partial charge on any atom is -0.492 e. The van der Waals surface area contributed by atoms with Crippen molar-refractivity contribution >= 4 is 5.69 Å². The van der Waals surface area contributed by atoms with E-state index in [0.29, 0.717) is 12.4 Å². The molecule has 100 valence electrons. The summed E-state index contributed by atoms with van der Waals surface area (Å²) in [5.74, 6) is 0.456. The molecule has 2 aromatic rings. The summed E-state index contributed by atoms with van der Waals surface area (Å²) in [6, 6.07) is 16.3. The van der Waals surface area contributed by atoms with E-state index in [9.17, 15) is 4.39 Å². The number of hydrogen-bond donors (Lipinski definition) is 0. The number of ether oxygens (including phenoxy) is 1. The molecule has 19 heavy (non-hydrogen) atoms. The molecular formula is C16H18FNO. The van der Waals surface area contributed by atoms with Crippen LogP contribution in [0.4, 0.5) is 10.1 Å². The lowest BCUT2D eigenvalue weighted by atomic mass is 10.3. The first-order valence-corrected chi connectivity index (χ1v) is 6.48. The SMILES string of the molecule is CCN(CCOc1ccc(F)cc1)c1ccccc1. The molecule has 0 aliphatic carbocycles. The molecule has 0 aliphatic rings. The zero-order valence-electron chi connectivity index (χ0n) is 11.1. The van der Waals surface area contributed by atoms with Gasteiger partial charge in [0.1, 0.15) is 18.2 Å². The highest BCUT2D eigenvalue weighted by Crippen LogP contribution is 2.14. The molecule has 0 aliphatic heterocycles. The Morgan fingerprint density at radius 3 is 2.32 bits per heavy atom. The summed E-state index contributed by atoms with van der Waals surface area (Å²) in [5.41, 5.74) is 1.19. The van der Waals surface area contributed by atoms with E-state index in [1.165, 1.54) is 17.8 Å². The number of halogens is 1. The van der Waals surface area contributed by atoms with Gasteiger partial charge in [0.2, 0.25) is 0 Å². The molecule has 0 amide bonds. The number of likely N-dealkylation sites (N-methyl/N-ethyl adjacent to an activating group) is 1. The number of para-hydroxylation sites is 1. The lowest BCUT2D eigenvalue weighted by Gasteiger charge is -2.23. The summed E-state index contributed by atoms with van der Waals surface area (Å²) in [6.07, 6.45) is 0. The number of rotatable bonds is 6. The second-order valence-corrected chi connectivity index (χ2v) is 4.22. The summed E-state index contributed by atoms with van der Waals surface area (Å²) in [4.78, 5) is 2.24. The topological polar surface area (TPSA) is 12.5 Å². The van der Waals surface area contributed by atoms with Crippen molar-refractivity contribution in [2.24, 2.45) is 0 Å². The third kappa shape index (κ3) is 3.98. The van der Waals surface area contributed by atoms with E-state index in [-0.39, 0.29) is 5.82 Å². The Labute approximate surface area is 113 Å². The van der Waals surface area contributed by atoms with Crippen LogP contribution in [0.25, 0.3) is 0 Å². The second kappa shape index (κ2) is 6.78. The van der Waals surface area contributed by atoms with Gasteiger partial charge in [-0.3, -0.25) is 0 Å². The quantitative estimate of drug-likeness (QED) is 0.783. The Morgan fingerprint density at radius 1 is 1.00 bits per heavy atom. The molecule has 0 saturated carbocycles. The van der Waals surface area contributed by atoms with Gasteiger partial charge < -0.3 is 9.64 Å². The van der Waals surface area contributed by atoms with Crippen LogP contribution in [0.5, 0.6) is 5.75 Å². The summed E-state index contributed by atoms with van der Waals surface area (Å²) in [5, 5.41) is 0. The first-order chi connectivity index (χ1) is 9.29. The summed E-state index contributed by atoms with van der Waals surface area (Å²) >= 11 is 0. The maximum atomic E-state index is 12.7. The van der Waals surface area contributed by atoms with Gasteiger partial charge in [0.25, 0.3) is 0 Å². The van der Waals surface area contributed by atoms with E-state index in [0.717, 1.165) is 13.1 Å². The normalized spacial score (nSPS) is 10.2. The lowest BCUT2D eigenvalue weighted by molar-refractivity contribution is 0.323. The van der Waals surface area contributed by atoms with Crippen molar-refractivity contribution in [1.29, 1.82) is 0 Å². The molecular weight excluding hydrogens is 241 g/mol. The van der Waals surface area contributed by atoms with Crippen LogP contribution in [0.3, 0.4) is 0 Å². The smallest absolute Gasteiger partial charge is 0.123 e. The Bertz CT molecular complexity index is 484. The fourth-order valence-electron chi connectivity index (χ4n) is 1.91. The van der Waals surface area contributed by atoms with Crippen LogP contribution in [0.1, 0.15) is 6.92 Å². The van der Waals surface area contributed by atoms with Crippen LogP contribution in [-0.4, -0.2) is 19.7 Å². The summed E-state index contributed by atoms with van der Waals surface area (Å²) in [6.45, 7) is 4.42. The Morgan fingerprint density at radius 2 is 1.68 bits per heavy atom. The second-order valence-electron chi connectivity index (χ2n) is 4.22. The monoisotopic (exact) mass is 259 g/mol. The molecule has 2 nitrogen and oxygen atoms in total. The van der Waals surface area contributed by atoms with Gasteiger partial charge in [0, 0.05) is 12.2 Å². The third-order valence-electron chi connectivity index (χ3n) is 2.95. The molecule has 3 heteroatoms. The molecule has 0 aromatic heterocycles. The Balaban J connectivity index is 1.85. The molecule has 0 atom stereocenters. The fourth-order valence-corrected chi connectivity index (χ4v) is 1.91. The van der Waals surface area contributed by atoms with Gasteiger partial charge in [-0.1, -0.05) is 18.2 Å². The molecule has 0 fully saturated rings. The van der Waals surface area contributed by atoms with E-state index in [2.05, 4.69) is 24.0 Å². The molecule has 0 heterocycles. The van der Waals surface area contributed by atoms with Gasteiger partial charge in [-0.15, -0.1) is 0 Å². The zero-order chi connectivity index (χ0) is 13.5. The van der Waals surface area contributed by atoms with Crippen molar-refractivity contribution in [2.45, 2.75) is 6.92 Å². The molecule has 0 radical (unpaired) electrons. The summed E-state index contributed by atoms with van der Waals surface area (Å²) < 4.78 is 18.4. The molecule has 0 spiro atoms. The Kier molecular flexibility index (Phi) is 4.78. The van der Waals surface area contributed by atoms with Crippen molar-refractivity contribution in [3.8, 4) is 5.75 Å². The minimum absolute atomic E-state index is 0.244. The highest BCUT2D eigenvalue weighted by molar-refractivity contribution is 5.45. The van der Waals surface area contributed by atoms with E-state index >= 15 is 0 Å². The molecule has 2 aromatic carbocycles. The number of hydrogen-bond acceptors (Lipinski definition) is 2. The van der Waals surface area contributed by atoms with Gasteiger partial charge in [-0.2, -0.15) is 0 Å². The van der Waals surface area contributed by atoms with Crippen molar-refractivity contribution < 1.29 is 9.13 Å². The average molecular weight is 259 g/mol.